The molecule has 1 saturated heterocycles. The van der Waals surface area contributed by atoms with Gasteiger partial charge in [-0.25, -0.2) is 4.98 Å². The molecule has 1 aromatic carbocycles. The molecule has 5 nitrogen and oxygen atoms in total. The molecule has 0 unspecified atom stereocenters. The lowest BCUT2D eigenvalue weighted by molar-refractivity contribution is -0.129. The molecule has 1 fully saturated rings. The van der Waals surface area contributed by atoms with Crippen LogP contribution in [0.25, 0.3) is 21.3 Å². The van der Waals surface area contributed by atoms with Gasteiger partial charge in [-0.2, -0.15) is 4.98 Å². The third-order valence-electron chi connectivity index (χ3n) is 4.84. The number of carbonyl (C=O) groups excluding carboxylic acids is 1. The maximum atomic E-state index is 11.6. The monoisotopic (exact) mass is 420 g/mol. The Bertz CT molecular complexity index is 1010. The van der Waals surface area contributed by atoms with Crippen LogP contribution in [0.5, 0.6) is 0 Å². The van der Waals surface area contributed by atoms with E-state index in [1.165, 1.54) is 0 Å². The summed E-state index contributed by atoms with van der Waals surface area (Å²) in [6, 6.07) is 7.82. The van der Waals surface area contributed by atoms with E-state index in [0.29, 0.717) is 18.1 Å². The first-order valence-corrected chi connectivity index (χ1v) is 10.2. The number of anilines is 1. The zero-order valence-electron chi connectivity index (χ0n) is 15.0. The Morgan fingerprint density at radius 3 is 2.37 bits per heavy atom. The lowest BCUT2D eigenvalue weighted by Gasteiger charge is -2.35. The van der Waals surface area contributed by atoms with Crippen LogP contribution in [0.1, 0.15) is 11.8 Å². The summed E-state index contributed by atoms with van der Waals surface area (Å²) in [5.41, 5.74) is 2.20. The number of benzene rings is 1. The van der Waals surface area contributed by atoms with Crippen LogP contribution in [0.15, 0.2) is 24.3 Å². The van der Waals surface area contributed by atoms with E-state index >= 15 is 0 Å². The number of rotatable bonds is 2. The fraction of sp³-hybridized carbons (Fsp3) is 0.316. The summed E-state index contributed by atoms with van der Waals surface area (Å²) in [5, 5.41) is 1.96. The summed E-state index contributed by atoms with van der Waals surface area (Å²) in [7, 11) is 0. The largest absolute Gasteiger partial charge is 0.352 e. The van der Waals surface area contributed by atoms with Crippen LogP contribution in [-0.4, -0.2) is 47.0 Å². The number of amides is 1. The molecular weight excluding hydrogens is 403 g/mol. The summed E-state index contributed by atoms with van der Waals surface area (Å²) in [5.74, 6) is 0.941. The molecule has 27 heavy (non-hydrogen) atoms. The van der Waals surface area contributed by atoms with Gasteiger partial charge in [-0.15, -0.1) is 11.3 Å². The van der Waals surface area contributed by atoms with Crippen LogP contribution in [0.2, 0.25) is 10.3 Å². The number of piperazine rings is 1. The first kappa shape index (κ1) is 18.5. The quantitative estimate of drug-likeness (QED) is 0.566. The second kappa shape index (κ2) is 7.26. The molecular formula is C19H18Cl2N4OS. The van der Waals surface area contributed by atoms with Crippen LogP contribution < -0.4 is 4.90 Å². The van der Waals surface area contributed by atoms with Crippen molar-refractivity contribution >= 4 is 56.5 Å². The van der Waals surface area contributed by atoms with Gasteiger partial charge in [0.25, 0.3) is 0 Å². The van der Waals surface area contributed by atoms with E-state index < -0.39 is 0 Å². The number of halogens is 2. The van der Waals surface area contributed by atoms with Crippen molar-refractivity contribution in [3.05, 3.63) is 39.4 Å². The van der Waals surface area contributed by atoms with Gasteiger partial charge in [0.2, 0.25) is 11.2 Å². The Hall–Kier alpha value is -1.89. The molecule has 8 heteroatoms. The van der Waals surface area contributed by atoms with E-state index in [2.05, 4.69) is 21.8 Å². The minimum absolute atomic E-state index is 0.105. The molecule has 0 N–H and O–H groups in total. The zero-order valence-corrected chi connectivity index (χ0v) is 17.3. The lowest BCUT2D eigenvalue weighted by atomic mass is 10.0. The molecule has 0 atom stereocenters. The molecule has 1 aliphatic rings. The maximum Gasteiger partial charge on any atom is 0.225 e. The normalized spacial score (nSPS) is 14.8. The average Bonchev–Trinajstić information content (AvgIpc) is 2.97. The third-order valence-corrected chi connectivity index (χ3v) is 6.26. The number of hydrogen-bond donors (Lipinski definition) is 0. The SMILES string of the molecule is CC(=O)N1CCN(c2nc(Cl)nc3sc(C)c(-c4ccc(Cl)cc4)c23)CC1. The van der Waals surface area contributed by atoms with E-state index in [1.54, 1.807) is 18.3 Å². The van der Waals surface area contributed by atoms with E-state index in [1.807, 2.05) is 29.2 Å². The van der Waals surface area contributed by atoms with Crippen LogP contribution in [0, 0.1) is 6.92 Å². The topological polar surface area (TPSA) is 49.3 Å². The second-order valence-corrected chi connectivity index (χ2v) is 8.51. The Balaban J connectivity index is 1.83. The number of aromatic nitrogens is 2. The first-order chi connectivity index (χ1) is 12.9. The molecule has 0 aliphatic carbocycles. The van der Waals surface area contributed by atoms with E-state index in [9.17, 15) is 4.79 Å². The number of hydrogen-bond acceptors (Lipinski definition) is 5. The van der Waals surface area contributed by atoms with Crippen molar-refractivity contribution in [3.63, 3.8) is 0 Å². The minimum atomic E-state index is 0.105. The average molecular weight is 421 g/mol. The van der Waals surface area contributed by atoms with Crippen LogP contribution >= 0.6 is 34.5 Å². The van der Waals surface area contributed by atoms with Crippen molar-refractivity contribution < 1.29 is 4.79 Å². The van der Waals surface area contributed by atoms with Gasteiger partial charge in [-0.3, -0.25) is 4.79 Å². The number of fused-ring (bicyclic) bond motifs is 1. The van der Waals surface area contributed by atoms with Gasteiger partial charge >= 0.3 is 0 Å². The van der Waals surface area contributed by atoms with Crippen molar-refractivity contribution in [2.24, 2.45) is 0 Å². The van der Waals surface area contributed by atoms with Crippen LogP contribution in [0.3, 0.4) is 0 Å². The number of nitrogens with zero attached hydrogens (tertiary/aromatic N) is 4. The van der Waals surface area contributed by atoms with Crippen LogP contribution in [-0.2, 0) is 4.79 Å². The van der Waals surface area contributed by atoms with Gasteiger partial charge in [-0.05, 0) is 36.2 Å². The lowest BCUT2D eigenvalue weighted by Crippen LogP contribution is -2.48. The Morgan fingerprint density at radius 1 is 1.07 bits per heavy atom. The Kier molecular flexibility index (Phi) is 4.97. The minimum Gasteiger partial charge on any atom is -0.352 e. The summed E-state index contributed by atoms with van der Waals surface area (Å²) >= 11 is 13.9. The highest BCUT2D eigenvalue weighted by Gasteiger charge is 2.25. The number of aryl methyl sites for hydroxylation is 1. The van der Waals surface area contributed by atoms with Gasteiger partial charge < -0.3 is 9.80 Å². The van der Waals surface area contributed by atoms with Gasteiger partial charge in [0.05, 0.1) is 5.39 Å². The fourth-order valence-electron chi connectivity index (χ4n) is 3.49. The molecule has 4 rings (SSSR count). The smallest absolute Gasteiger partial charge is 0.225 e. The van der Waals surface area contributed by atoms with Crippen LogP contribution in [0.4, 0.5) is 5.82 Å². The highest BCUT2D eigenvalue weighted by molar-refractivity contribution is 7.19. The predicted molar refractivity (Wildman–Crippen MR) is 112 cm³/mol. The molecule has 0 spiro atoms. The van der Waals surface area contributed by atoms with E-state index in [-0.39, 0.29) is 11.2 Å². The van der Waals surface area contributed by atoms with Gasteiger partial charge in [0.15, 0.2) is 0 Å². The zero-order chi connectivity index (χ0) is 19.1. The third kappa shape index (κ3) is 3.49. The van der Waals surface area contributed by atoms with Crippen molar-refractivity contribution in [2.45, 2.75) is 13.8 Å². The molecule has 3 aromatic rings. The van der Waals surface area contributed by atoms with Gasteiger partial charge in [-0.1, -0.05) is 23.7 Å². The summed E-state index contributed by atoms with van der Waals surface area (Å²) in [6.07, 6.45) is 0. The summed E-state index contributed by atoms with van der Waals surface area (Å²) < 4.78 is 0. The molecule has 0 saturated carbocycles. The molecule has 3 heterocycles. The second-order valence-electron chi connectivity index (χ2n) is 6.53. The first-order valence-electron chi connectivity index (χ1n) is 8.67. The molecule has 140 valence electrons. The molecule has 1 aliphatic heterocycles. The molecule has 2 aromatic heterocycles. The molecule has 0 bridgehead atoms. The Labute approximate surface area is 171 Å². The number of thiophene rings is 1. The highest BCUT2D eigenvalue weighted by atomic mass is 35.5. The van der Waals surface area contributed by atoms with Gasteiger partial charge in [0.1, 0.15) is 10.6 Å². The van der Waals surface area contributed by atoms with E-state index in [0.717, 1.165) is 45.1 Å². The van der Waals surface area contributed by atoms with Crippen molar-refractivity contribution in [2.75, 3.05) is 31.1 Å². The molecule has 0 radical (unpaired) electrons. The van der Waals surface area contributed by atoms with Crippen molar-refractivity contribution in [1.29, 1.82) is 0 Å². The summed E-state index contributed by atoms with van der Waals surface area (Å²) in [4.78, 5) is 26.7. The maximum absolute atomic E-state index is 11.6. The fourth-order valence-corrected chi connectivity index (χ4v) is 4.87. The van der Waals surface area contributed by atoms with Gasteiger partial charge in [0, 0.05) is 48.6 Å². The number of carbonyl (C=O) groups is 1. The van der Waals surface area contributed by atoms with Crippen molar-refractivity contribution in [3.8, 4) is 11.1 Å². The summed E-state index contributed by atoms with van der Waals surface area (Å²) in [6.45, 7) is 6.49. The Morgan fingerprint density at radius 2 is 1.74 bits per heavy atom. The highest BCUT2D eigenvalue weighted by Crippen LogP contribution is 2.42. The van der Waals surface area contributed by atoms with Crippen molar-refractivity contribution in [1.82, 2.24) is 14.9 Å². The predicted octanol–water partition coefficient (Wildman–Crippen LogP) is 4.64. The van der Waals surface area contributed by atoms with E-state index in [4.69, 9.17) is 23.2 Å². The standard InChI is InChI=1S/C19H18Cl2N4OS/c1-11-15(13-3-5-14(20)6-4-13)16-17(22-19(21)23-18(16)27-11)25-9-7-24(8-10-25)12(2)26/h3-6H,7-10H2,1-2H3. The molecule has 1 amide bonds.